The van der Waals surface area contributed by atoms with Crippen LogP contribution < -0.4 is 0 Å². The second-order valence-corrected chi connectivity index (χ2v) is 4.74. The van der Waals surface area contributed by atoms with Gasteiger partial charge in [-0.1, -0.05) is 24.6 Å². The van der Waals surface area contributed by atoms with Crippen LogP contribution >= 0.6 is 0 Å². The molecule has 3 nitrogen and oxygen atoms in total. The van der Waals surface area contributed by atoms with Gasteiger partial charge >= 0.3 is 0 Å². The van der Waals surface area contributed by atoms with Gasteiger partial charge in [0, 0.05) is 6.92 Å². The van der Waals surface area contributed by atoms with Gasteiger partial charge in [-0.2, -0.15) is 0 Å². The molecule has 1 aliphatic carbocycles. The Bertz CT molecular complexity index is 277. The van der Waals surface area contributed by atoms with Gasteiger partial charge in [0.05, 0.1) is 6.10 Å². The summed E-state index contributed by atoms with van der Waals surface area (Å²) in [5.74, 6) is 0.210. The van der Waals surface area contributed by atoms with Crippen molar-refractivity contribution in [3.8, 4) is 0 Å². The van der Waals surface area contributed by atoms with Crippen LogP contribution in [0.15, 0.2) is 24.3 Å². The predicted molar refractivity (Wildman–Crippen MR) is 69.8 cm³/mol. The van der Waals surface area contributed by atoms with Crippen molar-refractivity contribution in [1.82, 2.24) is 0 Å². The maximum atomic E-state index is 9.83. The largest absolute Gasteiger partial charge is 0.481 e. The van der Waals surface area contributed by atoms with Gasteiger partial charge in [0.15, 0.2) is 0 Å². The van der Waals surface area contributed by atoms with Gasteiger partial charge < -0.3 is 10.2 Å². The molecule has 0 heterocycles. The molecule has 0 aliphatic heterocycles. The van der Waals surface area contributed by atoms with Crippen LogP contribution in [0.4, 0.5) is 0 Å². The number of aliphatic hydroxyl groups excluding tert-OH is 1. The molecule has 0 bridgehead atoms. The molecule has 3 unspecified atom stereocenters. The van der Waals surface area contributed by atoms with E-state index in [9.17, 15) is 5.11 Å². The molecule has 98 valence electrons. The zero-order valence-electron chi connectivity index (χ0n) is 11.0. The first-order chi connectivity index (χ1) is 7.88. The van der Waals surface area contributed by atoms with Gasteiger partial charge in [0.1, 0.15) is 0 Å². The molecule has 0 aromatic heterocycles. The third-order valence-electron chi connectivity index (χ3n) is 3.02. The smallest absolute Gasteiger partial charge is 0.300 e. The predicted octanol–water partition coefficient (Wildman–Crippen LogP) is 3.01. The number of aliphatic carboxylic acids is 1. The highest BCUT2D eigenvalue weighted by molar-refractivity contribution is 5.62. The Hall–Kier alpha value is -1.09. The summed E-state index contributed by atoms with van der Waals surface area (Å²) in [5, 5.41) is 17.2. The van der Waals surface area contributed by atoms with Crippen molar-refractivity contribution >= 4 is 5.97 Å². The lowest BCUT2D eigenvalue weighted by Crippen LogP contribution is -2.28. The highest BCUT2D eigenvalue weighted by atomic mass is 16.4. The second-order valence-electron chi connectivity index (χ2n) is 4.74. The molecular weight excluding hydrogens is 216 g/mol. The van der Waals surface area contributed by atoms with E-state index in [0.717, 1.165) is 26.2 Å². The van der Waals surface area contributed by atoms with Crippen molar-refractivity contribution in [3.05, 3.63) is 24.3 Å². The summed E-state index contributed by atoms with van der Waals surface area (Å²) >= 11 is 0. The summed E-state index contributed by atoms with van der Waals surface area (Å²) in [6.07, 6.45) is 6.76. The van der Waals surface area contributed by atoms with Gasteiger partial charge in [-0.25, -0.2) is 0 Å². The number of hydrogen-bond acceptors (Lipinski definition) is 2. The molecule has 0 fully saturated rings. The van der Waals surface area contributed by atoms with Crippen LogP contribution in [0.25, 0.3) is 0 Å². The first kappa shape index (κ1) is 15.9. The van der Waals surface area contributed by atoms with E-state index in [2.05, 4.69) is 26.5 Å². The van der Waals surface area contributed by atoms with E-state index in [-0.39, 0.29) is 6.10 Å². The van der Waals surface area contributed by atoms with Gasteiger partial charge in [-0.05, 0) is 38.0 Å². The Morgan fingerprint density at radius 2 is 2.24 bits per heavy atom. The van der Waals surface area contributed by atoms with E-state index in [1.165, 1.54) is 5.57 Å². The Balaban J connectivity index is 0.000000557. The number of carbonyl (C=O) groups is 1. The first-order valence-corrected chi connectivity index (χ1v) is 6.02. The fraction of sp³-hybridized carbons (Fsp3) is 0.643. The van der Waals surface area contributed by atoms with Crippen LogP contribution in [0.2, 0.25) is 0 Å². The summed E-state index contributed by atoms with van der Waals surface area (Å²) in [5.41, 5.74) is 1.47. The quantitative estimate of drug-likeness (QED) is 0.745. The highest BCUT2D eigenvalue weighted by Crippen LogP contribution is 2.32. The van der Waals surface area contributed by atoms with E-state index in [0.29, 0.717) is 11.8 Å². The fourth-order valence-electron chi connectivity index (χ4n) is 2.19. The average Bonchev–Trinajstić information content (AvgIpc) is 2.16. The molecule has 1 rings (SSSR count). The minimum atomic E-state index is -0.833. The van der Waals surface area contributed by atoms with Gasteiger partial charge in [0.25, 0.3) is 5.97 Å². The topological polar surface area (TPSA) is 57.5 Å². The van der Waals surface area contributed by atoms with Crippen LogP contribution in [0.5, 0.6) is 0 Å². The van der Waals surface area contributed by atoms with Crippen LogP contribution in [0.1, 0.15) is 40.0 Å². The SMILES string of the molecule is C=CCC(O)C1CC=C(C)CC1C.CC(=O)O. The number of carboxylic acid groups (broad SMARTS) is 1. The van der Waals surface area contributed by atoms with Crippen LogP contribution in [-0.4, -0.2) is 22.3 Å². The maximum absolute atomic E-state index is 9.83. The standard InChI is InChI=1S/C12H20O.C2H4O2/c1-4-5-12(13)11-7-6-9(2)8-10(11)3;1-2(3)4/h4,6,10-13H,1,5,7-8H2,2-3H3;1H3,(H,3,4). The number of carboxylic acids is 1. The van der Waals surface area contributed by atoms with Crippen molar-refractivity contribution in [2.24, 2.45) is 11.8 Å². The third-order valence-corrected chi connectivity index (χ3v) is 3.02. The van der Waals surface area contributed by atoms with E-state index < -0.39 is 5.97 Å². The molecule has 2 N–H and O–H groups in total. The molecule has 0 radical (unpaired) electrons. The lowest BCUT2D eigenvalue weighted by Gasteiger charge is -2.31. The van der Waals surface area contributed by atoms with Crippen molar-refractivity contribution in [2.45, 2.75) is 46.1 Å². The van der Waals surface area contributed by atoms with E-state index in [1.54, 1.807) is 0 Å². The molecule has 3 heteroatoms. The second kappa shape index (κ2) is 8.07. The lowest BCUT2D eigenvalue weighted by molar-refractivity contribution is -0.134. The fourth-order valence-corrected chi connectivity index (χ4v) is 2.19. The number of rotatable bonds is 3. The Kier molecular flexibility index (Phi) is 7.55. The van der Waals surface area contributed by atoms with Crippen molar-refractivity contribution < 1.29 is 15.0 Å². The van der Waals surface area contributed by atoms with Gasteiger partial charge in [-0.15, -0.1) is 6.58 Å². The van der Waals surface area contributed by atoms with Gasteiger partial charge in [-0.3, -0.25) is 4.79 Å². The molecule has 17 heavy (non-hydrogen) atoms. The zero-order chi connectivity index (χ0) is 13.4. The molecule has 0 saturated carbocycles. The summed E-state index contributed by atoms with van der Waals surface area (Å²) in [7, 11) is 0. The zero-order valence-corrected chi connectivity index (χ0v) is 11.0. The van der Waals surface area contributed by atoms with E-state index >= 15 is 0 Å². The monoisotopic (exact) mass is 240 g/mol. The van der Waals surface area contributed by atoms with Gasteiger partial charge in [0.2, 0.25) is 0 Å². The molecular formula is C14H24O3. The third kappa shape index (κ3) is 6.95. The number of allylic oxidation sites excluding steroid dienone is 2. The minimum absolute atomic E-state index is 0.197. The van der Waals surface area contributed by atoms with Crippen molar-refractivity contribution in [2.75, 3.05) is 0 Å². The molecule has 0 amide bonds. The van der Waals surface area contributed by atoms with E-state index in [4.69, 9.17) is 9.90 Å². The van der Waals surface area contributed by atoms with Crippen LogP contribution in [0.3, 0.4) is 0 Å². The summed E-state index contributed by atoms with van der Waals surface area (Å²) in [4.78, 5) is 9.00. The molecule has 0 saturated heterocycles. The number of aliphatic hydroxyl groups is 1. The first-order valence-electron chi connectivity index (χ1n) is 6.02. The minimum Gasteiger partial charge on any atom is -0.481 e. The molecule has 0 aromatic carbocycles. The molecule has 0 spiro atoms. The maximum Gasteiger partial charge on any atom is 0.300 e. The number of hydrogen-bond donors (Lipinski definition) is 2. The molecule has 0 aromatic rings. The summed E-state index contributed by atoms with van der Waals surface area (Å²) in [6, 6.07) is 0. The van der Waals surface area contributed by atoms with Crippen molar-refractivity contribution in [1.29, 1.82) is 0 Å². The van der Waals surface area contributed by atoms with Crippen LogP contribution in [-0.2, 0) is 4.79 Å². The molecule has 1 aliphatic rings. The Morgan fingerprint density at radius 1 is 1.71 bits per heavy atom. The normalized spacial score (nSPS) is 25.1. The molecule has 3 atom stereocenters. The average molecular weight is 240 g/mol. The highest BCUT2D eigenvalue weighted by Gasteiger charge is 2.26. The van der Waals surface area contributed by atoms with Crippen LogP contribution in [0, 0.1) is 11.8 Å². The van der Waals surface area contributed by atoms with Crippen molar-refractivity contribution in [3.63, 3.8) is 0 Å². The summed E-state index contributed by atoms with van der Waals surface area (Å²) in [6.45, 7) is 9.15. The Labute approximate surface area is 104 Å². The summed E-state index contributed by atoms with van der Waals surface area (Å²) < 4.78 is 0. The van der Waals surface area contributed by atoms with E-state index in [1.807, 2.05) is 6.08 Å². The lowest BCUT2D eigenvalue weighted by atomic mass is 9.77. The Morgan fingerprint density at radius 3 is 2.65 bits per heavy atom.